The van der Waals surface area contributed by atoms with E-state index in [9.17, 15) is 14.9 Å². The first kappa shape index (κ1) is 14.8. The summed E-state index contributed by atoms with van der Waals surface area (Å²) in [7, 11) is 0. The van der Waals surface area contributed by atoms with Crippen LogP contribution in [0.15, 0.2) is 18.2 Å². The highest BCUT2D eigenvalue weighted by Gasteiger charge is 2.32. The van der Waals surface area contributed by atoms with Crippen LogP contribution in [-0.4, -0.2) is 28.6 Å². The minimum absolute atomic E-state index is 0.0605. The maximum atomic E-state index is 11.1. The van der Waals surface area contributed by atoms with E-state index < -0.39 is 16.8 Å². The highest BCUT2D eigenvalue weighted by atomic mass is 16.6. The number of carboxylic acids is 1. The molecule has 1 aliphatic heterocycles. The highest BCUT2D eigenvalue weighted by Crippen LogP contribution is 2.35. The smallest absolute Gasteiger partial charge is 0.306 e. The van der Waals surface area contributed by atoms with Crippen LogP contribution in [0, 0.1) is 27.4 Å². The molecule has 110 valence electrons. The second-order valence-electron chi connectivity index (χ2n) is 5.17. The second-order valence-corrected chi connectivity index (χ2v) is 5.17. The third-order valence-corrected chi connectivity index (χ3v) is 3.84. The first-order valence-corrected chi connectivity index (χ1v) is 6.62. The van der Waals surface area contributed by atoms with Crippen LogP contribution in [0.3, 0.4) is 0 Å². The molecule has 1 N–H and O–H groups in total. The zero-order chi connectivity index (χ0) is 15.6. The number of hydrogen-bond acceptors (Lipinski definition) is 5. The number of carbonyl (C=O) groups is 1. The van der Waals surface area contributed by atoms with Gasteiger partial charge in [0.1, 0.15) is 5.69 Å². The number of nitro benzene ring substituents is 1. The highest BCUT2D eigenvalue weighted by molar-refractivity contribution is 5.72. The van der Waals surface area contributed by atoms with Gasteiger partial charge in [0.15, 0.2) is 0 Å². The predicted octanol–water partition coefficient (Wildman–Crippen LogP) is 2.16. The lowest BCUT2D eigenvalue weighted by atomic mass is 9.91. The Bertz CT molecular complexity index is 623. The van der Waals surface area contributed by atoms with E-state index in [2.05, 4.69) is 0 Å². The molecule has 1 saturated heterocycles. The number of benzene rings is 1. The van der Waals surface area contributed by atoms with Gasteiger partial charge in [0.25, 0.3) is 5.69 Å². The summed E-state index contributed by atoms with van der Waals surface area (Å²) in [6.07, 6.45) is 0.872. The summed E-state index contributed by atoms with van der Waals surface area (Å²) < 4.78 is 0. The third-order valence-electron chi connectivity index (χ3n) is 3.84. The van der Waals surface area contributed by atoms with Crippen molar-refractivity contribution in [1.82, 2.24) is 0 Å². The van der Waals surface area contributed by atoms with E-state index in [0.29, 0.717) is 30.6 Å². The van der Waals surface area contributed by atoms with Gasteiger partial charge in [-0.2, -0.15) is 5.26 Å². The van der Waals surface area contributed by atoms with Crippen LogP contribution in [0.2, 0.25) is 0 Å². The van der Waals surface area contributed by atoms with Crippen molar-refractivity contribution in [3.8, 4) is 6.07 Å². The van der Waals surface area contributed by atoms with Crippen molar-refractivity contribution in [1.29, 1.82) is 5.26 Å². The lowest BCUT2D eigenvalue weighted by molar-refractivity contribution is -0.384. The standard InChI is InChI=1S/C14H15N3O4/c1-9-6-11(14(18)19)4-5-16(9)13-7-10(8-15)2-3-12(13)17(20)21/h2-3,7,9,11H,4-6H2,1H3,(H,18,19). The van der Waals surface area contributed by atoms with Crippen LogP contribution in [-0.2, 0) is 4.79 Å². The molecule has 21 heavy (non-hydrogen) atoms. The first-order valence-electron chi connectivity index (χ1n) is 6.62. The molecular formula is C14H15N3O4. The summed E-state index contributed by atoms with van der Waals surface area (Å²) in [4.78, 5) is 23.5. The summed E-state index contributed by atoms with van der Waals surface area (Å²) in [5.74, 6) is -1.25. The quantitative estimate of drug-likeness (QED) is 0.674. The molecule has 0 amide bonds. The third kappa shape index (κ3) is 2.94. The molecule has 1 aromatic carbocycles. The molecule has 1 aromatic rings. The molecule has 0 aromatic heterocycles. The van der Waals surface area contributed by atoms with Crippen molar-refractivity contribution >= 4 is 17.3 Å². The van der Waals surface area contributed by atoms with Crippen molar-refractivity contribution in [2.75, 3.05) is 11.4 Å². The maximum Gasteiger partial charge on any atom is 0.306 e. The van der Waals surface area contributed by atoms with E-state index in [-0.39, 0.29) is 11.7 Å². The van der Waals surface area contributed by atoms with Crippen LogP contribution in [0.25, 0.3) is 0 Å². The average molecular weight is 289 g/mol. The molecule has 2 atom stereocenters. The number of nitrogens with zero attached hydrogens (tertiary/aromatic N) is 3. The Balaban J connectivity index is 2.35. The van der Waals surface area contributed by atoms with Crippen molar-refractivity contribution in [2.45, 2.75) is 25.8 Å². The Hall–Kier alpha value is -2.62. The number of carboxylic acid groups (broad SMARTS) is 1. The Morgan fingerprint density at radius 2 is 2.29 bits per heavy atom. The number of anilines is 1. The Labute approximate surface area is 121 Å². The molecule has 0 spiro atoms. The predicted molar refractivity (Wildman–Crippen MR) is 75.0 cm³/mol. The van der Waals surface area contributed by atoms with E-state index in [1.54, 1.807) is 0 Å². The fraction of sp³-hybridized carbons (Fsp3) is 0.429. The van der Waals surface area contributed by atoms with Crippen molar-refractivity contribution < 1.29 is 14.8 Å². The van der Waals surface area contributed by atoms with Crippen molar-refractivity contribution in [3.63, 3.8) is 0 Å². The van der Waals surface area contributed by atoms with Crippen LogP contribution in [0.1, 0.15) is 25.3 Å². The molecule has 0 bridgehead atoms. The molecule has 7 heteroatoms. The van der Waals surface area contributed by atoms with Gasteiger partial charge in [-0.15, -0.1) is 0 Å². The molecule has 1 heterocycles. The zero-order valence-electron chi connectivity index (χ0n) is 11.5. The molecule has 1 aliphatic rings. The number of aliphatic carboxylic acids is 1. The molecule has 7 nitrogen and oxygen atoms in total. The van der Waals surface area contributed by atoms with Crippen LogP contribution in [0.5, 0.6) is 0 Å². The van der Waals surface area contributed by atoms with E-state index >= 15 is 0 Å². The molecule has 0 radical (unpaired) electrons. The Morgan fingerprint density at radius 3 is 2.81 bits per heavy atom. The summed E-state index contributed by atoms with van der Waals surface area (Å²) in [5.41, 5.74) is 0.674. The normalized spacial score (nSPS) is 21.6. The minimum atomic E-state index is -0.832. The van der Waals surface area contributed by atoms with Crippen LogP contribution >= 0.6 is 0 Å². The maximum absolute atomic E-state index is 11.1. The number of hydrogen-bond donors (Lipinski definition) is 1. The van der Waals surface area contributed by atoms with E-state index in [1.807, 2.05) is 17.9 Å². The van der Waals surface area contributed by atoms with Gasteiger partial charge in [-0.05, 0) is 31.9 Å². The van der Waals surface area contributed by atoms with Gasteiger partial charge in [0, 0.05) is 18.7 Å². The van der Waals surface area contributed by atoms with Gasteiger partial charge in [-0.1, -0.05) is 0 Å². The molecule has 2 rings (SSSR count). The van der Waals surface area contributed by atoms with E-state index in [4.69, 9.17) is 10.4 Å². The first-order chi connectivity index (χ1) is 9.93. The summed E-state index contributed by atoms with van der Waals surface area (Å²) in [6, 6.07) is 6.07. The van der Waals surface area contributed by atoms with Gasteiger partial charge >= 0.3 is 5.97 Å². The number of nitro groups is 1. The number of piperidine rings is 1. The lowest BCUT2D eigenvalue weighted by Gasteiger charge is -2.37. The van der Waals surface area contributed by atoms with Crippen LogP contribution < -0.4 is 4.90 Å². The number of nitriles is 1. The molecule has 2 unspecified atom stereocenters. The minimum Gasteiger partial charge on any atom is -0.481 e. The fourth-order valence-electron chi connectivity index (χ4n) is 2.73. The van der Waals surface area contributed by atoms with Gasteiger partial charge in [-0.25, -0.2) is 0 Å². The van der Waals surface area contributed by atoms with Gasteiger partial charge in [0.2, 0.25) is 0 Å². The van der Waals surface area contributed by atoms with E-state index in [0.717, 1.165) is 0 Å². The van der Waals surface area contributed by atoms with Crippen molar-refractivity contribution in [2.24, 2.45) is 5.92 Å². The molecule has 0 saturated carbocycles. The lowest BCUT2D eigenvalue weighted by Crippen LogP contribution is -2.43. The summed E-state index contributed by atoms with van der Waals surface area (Å²) in [6.45, 7) is 2.27. The average Bonchev–Trinajstić information content (AvgIpc) is 2.46. The van der Waals surface area contributed by atoms with Crippen molar-refractivity contribution in [3.05, 3.63) is 33.9 Å². The van der Waals surface area contributed by atoms with Gasteiger partial charge < -0.3 is 10.0 Å². The molecular weight excluding hydrogens is 274 g/mol. The second kappa shape index (κ2) is 5.79. The number of rotatable bonds is 3. The monoisotopic (exact) mass is 289 g/mol. The summed E-state index contributed by atoms with van der Waals surface area (Å²) >= 11 is 0. The fourth-order valence-corrected chi connectivity index (χ4v) is 2.73. The zero-order valence-corrected chi connectivity index (χ0v) is 11.5. The van der Waals surface area contributed by atoms with Gasteiger partial charge in [0.05, 0.1) is 22.5 Å². The van der Waals surface area contributed by atoms with E-state index in [1.165, 1.54) is 18.2 Å². The topological polar surface area (TPSA) is 107 Å². The molecule has 0 aliphatic carbocycles. The largest absolute Gasteiger partial charge is 0.481 e. The van der Waals surface area contributed by atoms with Crippen LogP contribution in [0.4, 0.5) is 11.4 Å². The van der Waals surface area contributed by atoms with Gasteiger partial charge in [-0.3, -0.25) is 14.9 Å². The molecule has 1 fully saturated rings. The Morgan fingerprint density at radius 1 is 1.57 bits per heavy atom. The Kier molecular flexibility index (Phi) is 4.08. The SMILES string of the molecule is CC1CC(C(=O)O)CCN1c1cc(C#N)ccc1[N+](=O)[O-]. The summed E-state index contributed by atoms with van der Waals surface area (Å²) in [5, 5.41) is 29.2.